The zero-order valence-corrected chi connectivity index (χ0v) is 24.5. The number of carbonyl (C=O) groups excluding carboxylic acids is 1. The van der Waals surface area contributed by atoms with Crippen molar-refractivity contribution >= 4 is 17.6 Å². The fraction of sp³-hybridized carbons (Fsp3) is 0.655. The summed E-state index contributed by atoms with van der Waals surface area (Å²) in [6.07, 6.45) is 5.70. The van der Waals surface area contributed by atoms with Crippen LogP contribution in [0.5, 0.6) is 6.01 Å². The number of nitrogens with one attached hydrogen (secondary N) is 2. The van der Waals surface area contributed by atoms with E-state index >= 15 is 0 Å². The molecule has 10 nitrogen and oxygen atoms in total. The molecule has 1 aliphatic rings. The standard InChI is InChI=1S/C29H45FN6O4/c1-29(2,3)40-27(37)24(34-25-13-16-32-28(35-25)39-5)14-18-36(19-22(30)20-38-4)17-7-6-10-23-12-11-21-9-8-15-31-26(21)33-23/h11-13,16,22,24H,6-10,14-15,17-20H2,1-5H3,(H,31,33)(H,32,34,35). The lowest BCUT2D eigenvalue weighted by Crippen LogP contribution is -2.41. The number of aromatic nitrogens is 3. The molecule has 1 aliphatic heterocycles. The predicted molar refractivity (Wildman–Crippen MR) is 154 cm³/mol. The van der Waals surface area contributed by atoms with Crippen molar-refractivity contribution in [2.75, 3.05) is 57.6 Å². The van der Waals surface area contributed by atoms with Gasteiger partial charge in [-0.15, -0.1) is 0 Å². The molecule has 0 fully saturated rings. The van der Waals surface area contributed by atoms with E-state index in [2.05, 4.69) is 32.7 Å². The SMILES string of the molecule is COCC(F)CN(CCCCc1ccc2c(n1)NCCC2)CCC(Nc1ccnc(OC)n1)C(=O)OC(C)(C)C. The third kappa shape index (κ3) is 10.8. The van der Waals surface area contributed by atoms with Gasteiger partial charge in [0, 0.05) is 38.6 Å². The molecule has 2 aromatic rings. The number of halogens is 1. The number of aryl methyl sites for hydroxylation is 2. The number of alkyl halides is 1. The molecular weight excluding hydrogens is 515 g/mol. The monoisotopic (exact) mass is 560 g/mol. The van der Waals surface area contributed by atoms with Gasteiger partial charge in [-0.2, -0.15) is 4.98 Å². The van der Waals surface area contributed by atoms with E-state index in [0.29, 0.717) is 25.3 Å². The number of methoxy groups -OCH3 is 2. The molecule has 2 unspecified atom stereocenters. The molecule has 0 bridgehead atoms. The minimum Gasteiger partial charge on any atom is -0.467 e. The van der Waals surface area contributed by atoms with Crippen LogP contribution >= 0.6 is 0 Å². The van der Waals surface area contributed by atoms with Crippen LogP contribution < -0.4 is 15.4 Å². The van der Waals surface area contributed by atoms with Gasteiger partial charge < -0.3 is 29.7 Å². The molecule has 0 amide bonds. The lowest BCUT2D eigenvalue weighted by Gasteiger charge is -2.28. The highest BCUT2D eigenvalue weighted by atomic mass is 19.1. The average molecular weight is 561 g/mol. The van der Waals surface area contributed by atoms with Crippen LogP contribution in [0.1, 0.15) is 57.7 Å². The van der Waals surface area contributed by atoms with Crippen LogP contribution in [0, 0.1) is 0 Å². The number of nitrogens with zero attached hydrogens (tertiary/aromatic N) is 4. The van der Waals surface area contributed by atoms with Crippen molar-refractivity contribution in [3.8, 4) is 6.01 Å². The fourth-order valence-electron chi connectivity index (χ4n) is 4.59. The Hall–Kier alpha value is -3.05. The Labute approximate surface area is 237 Å². The second-order valence-corrected chi connectivity index (χ2v) is 11.1. The van der Waals surface area contributed by atoms with Crippen LogP contribution in [0.3, 0.4) is 0 Å². The van der Waals surface area contributed by atoms with Gasteiger partial charge in [0.2, 0.25) is 0 Å². The quantitative estimate of drug-likeness (QED) is 0.230. The summed E-state index contributed by atoms with van der Waals surface area (Å²) in [5.74, 6) is 1.06. The lowest BCUT2D eigenvalue weighted by atomic mass is 10.1. The Morgan fingerprint density at radius 3 is 2.75 bits per heavy atom. The maximum Gasteiger partial charge on any atom is 0.329 e. The van der Waals surface area contributed by atoms with Gasteiger partial charge >= 0.3 is 12.0 Å². The predicted octanol–water partition coefficient (Wildman–Crippen LogP) is 4.06. The molecule has 40 heavy (non-hydrogen) atoms. The molecule has 2 atom stereocenters. The highest BCUT2D eigenvalue weighted by Gasteiger charge is 2.27. The van der Waals surface area contributed by atoms with Crippen LogP contribution in [0.2, 0.25) is 0 Å². The Balaban J connectivity index is 1.61. The molecule has 2 N–H and O–H groups in total. The first-order valence-electron chi connectivity index (χ1n) is 14.1. The maximum atomic E-state index is 14.6. The summed E-state index contributed by atoms with van der Waals surface area (Å²) in [7, 11) is 2.98. The van der Waals surface area contributed by atoms with Crippen molar-refractivity contribution in [1.29, 1.82) is 0 Å². The normalized spacial score (nSPS) is 14.7. The molecule has 3 heterocycles. The molecule has 11 heteroatoms. The Morgan fingerprint density at radius 1 is 1.18 bits per heavy atom. The number of fused-ring (bicyclic) bond motifs is 1. The van der Waals surface area contributed by atoms with Crippen molar-refractivity contribution in [3.63, 3.8) is 0 Å². The number of hydrogen-bond acceptors (Lipinski definition) is 10. The largest absolute Gasteiger partial charge is 0.467 e. The minimum absolute atomic E-state index is 0.0248. The number of unbranched alkanes of at least 4 members (excludes halogenated alkanes) is 1. The van der Waals surface area contributed by atoms with Crippen LogP contribution in [-0.2, 0) is 27.1 Å². The van der Waals surface area contributed by atoms with Crippen molar-refractivity contribution in [2.45, 2.75) is 77.1 Å². The van der Waals surface area contributed by atoms with E-state index in [1.807, 2.05) is 25.7 Å². The summed E-state index contributed by atoms with van der Waals surface area (Å²) < 4.78 is 30.4. The van der Waals surface area contributed by atoms with Gasteiger partial charge in [0.15, 0.2) is 0 Å². The molecule has 0 saturated heterocycles. The lowest BCUT2D eigenvalue weighted by molar-refractivity contribution is -0.156. The van der Waals surface area contributed by atoms with E-state index in [0.717, 1.165) is 50.2 Å². The first-order chi connectivity index (χ1) is 19.2. The van der Waals surface area contributed by atoms with Gasteiger partial charge in [0.1, 0.15) is 29.5 Å². The van der Waals surface area contributed by atoms with Crippen molar-refractivity contribution < 1.29 is 23.4 Å². The third-order valence-corrected chi connectivity index (χ3v) is 6.48. The zero-order valence-electron chi connectivity index (χ0n) is 24.5. The summed E-state index contributed by atoms with van der Waals surface area (Å²) in [4.78, 5) is 28.2. The van der Waals surface area contributed by atoms with Crippen LogP contribution in [0.25, 0.3) is 0 Å². The van der Waals surface area contributed by atoms with Crippen LogP contribution in [0.4, 0.5) is 16.0 Å². The summed E-state index contributed by atoms with van der Waals surface area (Å²) in [6.45, 7) is 7.87. The molecule has 0 aromatic carbocycles. The van der Waals surface area contributed by atoms with Gasteiger partial charge in [-0.25, -0.2) is 19.2 Å². The average Bonchev–Trinajstić information content (AvgIpc) is 2.92. The molecule has 0 aliphatic carbocycles. The van der Waals surface area contributed by atoms with E-state index in [1.54, 1.807) is 12.3 Å². The topological polar surface area (TPSA) is 111 Å². The Morgan fingerprint density at radius 2 is 2.00 bits per heavy atom. The van der Waals surface area contributed by atoms with E-state index < -0.39 is 23.8 Å². The van der Waals surface area contributed by atoms with E-state index in [4.69, 9.17) is 19.2 Å². The summed E-state index contributed by atoms with van der Waals surface area (Å²) in [5, 5.41) is 6.55. The van der Waals surface area contributed by atoms with E-state index in [-0.39, 0.29) is 19.2 Å². The van der Waals surface area contributed by atoms with Crippen molar-refractivity contribution in [3.05, 3.63) is 35.7 Å². The van der Waals surface area contributed by atoms with Gasteiger partial charge in [-0.3, -0.25) is 0 Å². The van der Waals surface area contributed by atoms with E-state index in [1.165, 1.54) is 19.8 Å². The zero-order chi connectivity index (χ0) is 29.0. The highest BCUT2D eigenvalue weighted by Crippen LogP contribution is 2.21. The number of carbonyl (C=O) groups is 1. The van der Waals surface area contributed by atoms with Crippen molar-refractivity contribution in [1.82, 2.24) is 19.9 Å². The second kappa shape index (κ2) is 15.7. The molecule has 222 valence electrons. The highest BCUT2D eigenvalue weighted by molar-refractivity contribution is 5.79. The first kappa shape index (κ1) is 31.5. The number of anilines is 2. The number of hydrogen-bond donors (Lipinski definition) is 2. The van der Waals surface area contributed by atoms with Gasteiger partial charge in [-0.05, 0) is 83.5 Å². The molecule has 0 radical (unpaired) electrons. The Bertz CT molecular complexity index is 1070. The second-order valence-electron chi connectivity index (χ2n) is 11.1. The third-order valence-electron chi connectivity index (χ3n) is 6.48. The smallest absolute Gasteiger partial charge is 0.329 e. The van der Waals surface area contributed by atoms with Crippen LogP contribution in [0.15, 0.2) is 24.4 Å². The van der Waals surface area contributed by atoms with Gasteiger partial charge in [0.05, 0.1) is 13.7 Å². The van der Waals surface area contributed by atoms with E-state index in [9.17, 15) is 9.18 Å². The minimum atomic E-state index is -1.13. The maximum absolute atomic E-state index is 14.6. The van der Waals surface area contributed by atoms with Gasteiger partial charge in [-0.1, -0.05) is 6.07 Å². The summed E-state index contributed by atoms with van der Waals surface area (Å²) in [6, 6.07) is 5.45. The molecular formula is C29H45FN6O4. The fourth-order valence-corrected chi connectivity index (χ4v) is 4.59. The van der Waals surface area contributed by atoms with Gasteiger partial charge in [0.25, 0.3) is 0 Å². The summed E-state index contributed by atoms with van der Waals surface area (Å²) in [5.41, 5.74) is 1.70. The number of pyridine rings is 1. The molecule has 0 spiro atoms. The Kier molecular flexibility index (Phi) is 12.3. The molecule has 2 aromatic heterocycles. The summed E-state index contributed by atoms with van der Waals surface area (Å²) >= 11 is 0. The molecule has 3 rings (SSSR count). The van der Waals surface area contributed by atoms with Crippen molar-refractivity contribution in [2.24, 2.45) is 0 Å². The number of rotatable bonds is 16. The van der Waals surface area contributed by atoms with Crippen LogP contribution in [-0.4, -0.2) is 90.6 Å². The number of ether oxygens (including phenoxy) is 3. The first-order valence-corrected chi connectivity index (χ1v) is 14.1. The number of esters is 1. The molecule has 0 saturated carbocycles.